The normalized spacial score (nSPS) is 18.0. The van der Waals surface area contributed by atoms with E-state index in [2.05, 4.69) is 15.9 Å². The van der Waals surface area contributed by atoms with Crippen LogP contribution in [-0.4, -0.2) is 28.6 Å². The van der Waals surface area contributed by atoms with Crippen molar-refractivity contribution in [1.29, 1.82) is 0 Å². The van der Waals surface area contributed by atoms with Crippen LogP contribution < -0.4 is 0 Å². The van der Waals surface area contributed by atoms with Crippen molar-refractivity contribution < 1.29 is 9.90 Å². The molecular formula is C18H16BrNO2. The van der Waals surface area contributed by atoms with Gasteiger partial charge in [0.25, 0.3) is 5.91 Å². The summed E-state index contributed by atoms with van der Waals surface area (Å²) in [4.78, 5) is 14.5. The number of halogens is 1. The minimum Gasteiger partial charge on any atom is -0.389 e. The number of aliphatic hydroxyl groups is 1. The number of hydrogen-bond donors (Lipinski definition) is 1. The highest BCUT2D eigenvalue weighted by Gasteiger charge is 2.25. The smallest absolute Gasteiger partial charge is 0.258 e. The van der Waals surface area contributed by atoms with Crippen LogP contribution >= 0.6 is 15.9 Å². The van der Waals surface area contributed by atoms with E-state index in [0.717, 1.165) is 15.7 Å². The highest BCUT2D eigenvalue weighted by Crippen LogP contribution is 2.27. The Hall–Kier alpha value is -1.91. The van der Waals surface area contributed by atoms with Gasteiger partial charge >= 0.3 is 0 Å². The second-order valence-electron chi connectivity index (χ2n) is 5.24. The lowest BCUT2D eigenvalue weighted by atomic mass is 10.0. The number of aliphatic hydroxyl groups excluding tert-OH is 1. The Kier molecular flexibility index (Phi) is 4.41. The molecule has 2 aromatic rings. The molecule has 4 heteroatoms. The summed E-state index contributed by atoms with van der Waals surface area (Å²) in [7, 11) is 0. The minimum atomic E-state index is -0.515. The Balaban J connectivity index is 1.97. The number of rotatable bonds is 2. The highest BCUT2D eigenvalue weighted by atomic mass is 79.9. The van der Waals surface area contributed by atoms with Gasteiger partial charge in [0.2, 0.25) is 0 Å². The maximum absolute atomic E-state index is 12.8. The Morgan fingerprint density at radius 3 is 2.45 bits per heavy atom. The lowest BCUT2D eigenvalue weighted by molar-refractivity contribution is 0.0804. The number of hydrogen-bond acceptors (Lipinski definition) is 2. The van der Waals surface area contributed by atoms with Crippen LogP contribution in [0.2, 0.25) is 0 Å². The predicted molar refractivity (Wildman–Crippen MR) is 90.2 cm³/mol. The van der Waals surface area contributed by atoms with Crippen molar-refractivity contribution in [2.45, 2.75) is 12.5 Å². The van der Waals surface area contributed by atoms with E-state index in [1.165, 1.54) is 0 Å². The first-order chi connectivity index (χ1) is 10.6. The zero-order valence-electron chi connectivity index (χ0n) is 11.9. The van der Waals surface area contributed by atoms with Crippen molar-refractivity contribution in [3.63, 3.8) is 0 Å². The van der Waals surface area contributed by atoms with Crippen LogP contribution in [0, 0.1) is 0 Å². The largest absolute Gasteiger partial charge is 0.389 e. The van der Waals surface area contributed by atoms with E-state index in [4.69, 9.17) is 0 Å². The van der Waals surface area contributed by atoms with Crippen molar-refractivity contribution in [2.75, 3.05) is 6.54 Å². The van der Waals surface area contributed by atoms with E-state index in [0.29, 0.717) is 18.5 Å². The molecule has 0 unspecified atom stereocenters. The molecular weight excluding hydrogens is 342 g/mol. The number of nitrogens with zero attached hydrogens (tertiary/aromatic N) is 1. The predicted octanol–water partition coefficient (Wildman–Crippen LogP) is 3.70. The third-order valence-corrected chi connectivity index (χ3v) is 4.22. The van der Waals surface area contributed by atoms with Gasteiger partial charge in [-0.3, -0.25) is 4.79 Å². The fraction of sp³-hybridized carbons (Fsp3) is 0.167. The van der Waals surface area contributed by atoms with Gasteiger partial charge in [0.15, 0.2) is 0 Å². The van der Waals surface area contributed by atoms with Crippen LogP contribution in [0.4, 0.5) is 0 Å². The third-order valence-electron chi connectivity index (χ3n) is 3.70. The van der Waals surface area contributed by atoms with Gasteiger partial charge in [0.1, 0.15) is 0 Å². The molecule has 0 spiro atoms. The fourth-order valence-electron chi connectivity index (χ4n) is 2.56. The molecule has 1 amide bonds. The zero-order chi connectivity index (χ0) is 15.5. The number of carbonyl (C=O) groups excluding carboxylic acids is 1. The molecule has 1 aliphatic heterocycles. The SMILES string of the molecule is O=C(c1ccccc1)N1CC[C@H](O)C=C1c1ccc(Br)cc1. The maximum atomic E-state index is 12.8. The topological polar surface area (TPSA) is 40.5 Å². The van der Waals surface area contributed by atoms with Crippen LogP contribution in [0.25, 0.3) is 5.70 Å². The molecule has 0 radical (unpaired) electrons. The summed E-state index contributed by atoms with van der Waals surface area (Å²) in [5.41, 5.74) is 2.34. The molecule has 1 aliphatic rings. The maximum Gasteiger partial charge on any atom is 0.258 e. The highest BCUT2D eigenvalue weighted by molar-refractivity contribution is 9.10. The van der Waals surface area contributed by atoms with E-state index in [-0.39, 0.29) is 5.91 Å². The first-order valence-electron chi connectivity index (χ1n) is 7.18. The second kappa shape index (κ2) is 6.46. The molecule has 1 atom stereocenters. The van der Waals surface area contributed by atoms with Crippen LogP contribution in [-0.2, 0) is 0 Å². The zero-order valence-corrected chi connectivity index (χ0v) is 13.5. The van der Waals surface area contributed by atoms with Gasteiger partial charge in [-0.05, 0) is 42.3 Å². The Bertz CT molecular complexity index is 695. The second-order valence-corrected chi connectivity index (χ2v) is 6.15. The summed E-state index contributed by atoms with van der Waals surface area (Å²) in [5, 5.41) is 9.94. The number of carbonyl (C=O) groups is 1. The van der Waals surface area contributed by atoms with Crippen LogP contribution in [0.15, 0.2) is 65.1 Å². The van der Waals surface area contributed by atoms with Crippen molar-refractivity contribution in [2.24, 2.45) is 0 Å². The summed E-state index contributed by atoms with van der Waals surface area (Å²) < 4.78 is 0.981. The van der Waals surface area contributed by atoms with Gasteiger partial charge in [0, 0.05) is 22.3 Å². The van der Waals surface area contributed by atoms with Crippen molar-refractivity contribution in [3.05, 3.63) is 76.3 Å². The van der Waals surface area contributed by atoms with Crippen molar-refractivity contribution >= 4 is 27.5 Å². The van der Waals surface area contributed by atoms with Crippen LogP contribution in [0.5, 0.6) is 0 Å². The van der Waals surface area contributed by atoms with Crippen LogP contribution in [0.1, 0.15) is 22.3 Å². The molecule has 0 saturated carbocycles. The molecule has 0 fully saturated rings. The molecule has 2 aromatic carbocycles. The lowest BCUT2D eigenvalue weighted by Crippen LogP contribution is -2.35. The third kappa shape index (κ3) is 3.13. The Labute approximate surface area is 138 Å². The molecule has 3 rings (SSSR count). The average molecular weight is 358 g/mol. The minimum absolute atomic E-state index is 0.0401. The standard InChI is InChI=1S/C18H16BrNO2/c19-15-8-6-13(7-9-15)17-12-16(21)10-11-20(17)18(22)14-4-2-1-3-5-14/h1-9,12,16,21H,10-11H2/t16-/m0/s1. The van der Waals surface area contributed by atoms with Crippen LogP contribution in [0.3, 0.4) is 0 Å². The first kappa shape index (κ1) is 15.0. The summed E-state index contributed by atoms with van der Waals surface area (Å²) >= 11 is 3.41. The molecule has 1 heterocycles. The fourth-order valence-corrected chi connectivity index (χ4v) is 2.82. The van der Waals surface area contributed by atoms with Gasteiger partial charge in [-0.1, -0.05) is 46.3 Å². The summed E-state index contributed by atoms with van der Waals surface area (Å²) in [6.45, 7) is 0.511. The lowest BCUT2D eigenvalue weighted by Gasteiger charge is -2.31. The molecule has 0 aliphatic carbocycles. The van der Waals surface area contributed by atoms with E-state index in [9.17, 15) is 9.90 Å². The van der Waals surface area contributed by atoms with E-state index >= 15 is 0 Å². The quantitative estimate of drug-likeness (QED) is 0.890. The molecule has 0 bridgehead atoms. The van der Waals surface area contributed by atoms with Gasteiger partial charge in [-0.2, -0.15) is 0 Å². The monoisotopic (exact) mass is 357 g/mol. The molecule has 1 N–H and O–H groups in total. The van der Waals surface area contributed by atoms with Crippen molar-refractivity contribution in [3.8, 4) is 0 Å². The van der Waals surface area contributed by atoms with E-state index < -0.39 is 6.10 Å². The van der Waals surface area contributed by atoms with Gasteiger partial charge in [0.05, 0.1) is 6.10 Å². The number of amides is 1. The van der Waals surface area contributed by atoms with E-state index in [1.807, 2.05) is 54.6 Å². The molecule has 3 nitrogen and oxygen atoms in total. The van der Waals surface area contributed by atoms with Gasteiger partial charge in [-0.25, -0.2) is 0 Å². The first-order valence-corrected chi connectivity index (χ1v) is 7.97. The summed E-state index contributed by atoms with van der Waals surface area (Å²) in [6, 6.07) is 17.0. The summed E-state index contributed by atoms with van der Waals surface area (Å²) in [6.07, 6.45) is 1.80. The van der Waals surface area contributed by atoms with Gasteiger partial charge in [-0.15, -0.1) is 0 Å². The molecule has 112 valence electrons. The Morgan fingerprint density at radius 1 is 1.09 bits per heavy atom. The van der Waals surface area contributed by atoms with Gasteiger partial charge < -0.3 is 10.0 Å². The molecule has 0 aromatic heterocycles. The summed E-state index contributed by atoms with van der Waals surface area (Å²) in [5.74, 6) is -0.0401. The average Bonchev–Trinajstić information content (AvgIpc) is 2.56. The van der Waals surface area contributed by atoms with Crippen molar-refractivity contribution in [1.82, 2.24) is 4.90 Å². The van der Waals surface area contributed by atoms with E-state index in [1.54, 1.807) is 11.0 Å². The molecule has 0 saturated heterocycles. The Morgan fingerprint density at radius 2 is 1.77 bits per heavy atom. The molecule has 22 heavy (non-hydrogen) atoms. The number of benzene rings is 2.